The summed E-state index contributed by atoms with van der Waals surface area (Å²) in [5.74, 6) is -2.02. The van der Waals surface area contributed by atoms with Crippen LogP contribution in [0, 0.1) is 5.92 Å². The zero-order chi connectivity index (χ0) is 36.0. The summed E-state index contributed by atoms with van der Waals surface area (Å²) in [5.41, 5.74) is 0.913. The van der Waals surface area contributed by atoms with Gasteiger partial charge in [-0.1, -0.05) is 61.4 Å². The van der Waals surface area contributed by atoms with Crippen molar-refractivity contribution in [3.8, 4) is 5.06 Å². The van der Waals surface area contributed by atoms with E-state index in [1.807, 2.05) is 24.3 Å². The smallest absolute Gasteiger partial charge is 0.399 e. The maximum Gasteiger partial charge on any atom is 0.414 e. The third-order valence-corrected chi connectivity index (χ3v) is 13.7. The van der Waals surface area contributed by atoms with Crippen LogP contribution in [0.3, 0.4) is 0 Å². The summed E-state index contributed by atoms with van der Waals surface area (Å²) in [6.45, 7) is 1.52. The number of ether oxygens (including phenoxy) is 1. The SMILES string of the molecule is O=C(NC1CCCCC/C=C/C2CC2(C(=O)NS(=O)(=O)C2CC2)NC(=O)C2C[C@@H](N3Cc4cccc5cccc(c45)C3)CN2C1=O)Oc1cccs1. The molecule has 2 aromatic carbocycles. The largest absolute Gasteiger partial charge is 0.414 e. The van der Waals surface area contributed by atoms with E-state index in [9.17, 15) is 27.6 Å². The van der Waals surface area contributed by atoms with Gasteiger partial charge < -0.3 is 20.3 Å². The normalized spacial score (nSPS) is 28.8. The zero-order valence-electron chi connectivity index (χ0n) is 28.8. The molecule has 1 saturated heterocycles. The highest BCUT2D eigenvalue weighted by atomic mass is 32.2. The number of benzene rings is 2. The molecule has 5 atom stereocenters. The molecule has 0 spiro atoms. The molecular weight excluding hydrogens is 703 g/mol. The number of hydrogen-bond acceptors (Lipinski definition) is 9. The van der Waals surface area contributed by atoms with Crippen molar-refractivity contribution in [3.05, 3.63) is 77.2 Å². The van der Waals surface area contributed by atoms with Crippen LogP contribution in [0.1, 0.15) is 68.9 Å². The lowest BCUT2D eigenvalue weighted by molar-refractivity contribution is -0.141. The first-order valence-corrected chi connectivity index (χ1v) is 20.6. The number of fused-ring (bicyclic) bond motifs is 2. The van der Waals surface area contributed by atoms with Crippen LogP contribution < -0.4 is 20.1 Å². The van der Waals surface area contributed by atoms with E-state index in [0.717, 1.165) is 19.3 Å². The highest BCUT2D eigenvalue weighted by Gasteiger charge is 2.62. The third kappa shape index (κ3) is 6.95. The van der Waals surface area contributed by atoms with Crippen molar-refractivity contribution in [1.82, 2.24) is 25.2 Å². The molecule has 3 N–H and O–H groups in total. The molecule has 4 amide bonds. The first-order chi connectivity index (χ1) is 25.1. The molecule has 4 unspecified atom stereocenters. The maximum atomic E-state index is 14.6. The Hall–Kier alpha value is -4.27. The van der Waals surface area contributed by atoms with Crippen LogP contribution in [-0.2, 0) is 37.5 Å². The van der Waals surface area contributed by atoms with E-state index in [1.54, 1.807) is 22.4 Å². The Kier molecular flexibility index (Phi) is 9.33. The van der Waals surface area contributed by atoms with E-state index >= 15 is 0 Å². The molecule has 0 radical (unpaired) electrons. The van der Waals surface area contributed by atoms with Crippen LogP contribution in [0.15, 0.2) is 66.1 Å². The Bertz CT molecular complexity index is 1990. The number of nitrogens with zero attached hydrogens (tertiary/aromatic N) is 2. The average Bonchev–Trinajstić information content (AvgIpc) is 3.99. The van der Waals surface area contributed by atoms with E-state index in [-0.39, 0.29) is 30.8 Å². The number of amides is 4. The van der Waals surface area contributed by atoms with Gasteiger partial charge in [0, 0.05) is 31.6 Å². The molecule has 1 aromatic heterocycles. The van der Waals surface area contributed by atoms with E-state index in [2.05, 4.69) is 44.5 Å². The molecule has 8 rings (SSSR count). The van der Waals surface area contributed by atoms with Gasteiger partial charge in [-0.25, -0.2) is 13.2 Å². The summed E-state index contributed by atoms with van der Waals surface area (Å²) in [6, 6.07) is 13.9. The fraction of sp³-hybridized carbons (Fsp3) is 0.474. The minimum absolute atomic E-state index is 0.198. The van der Waals surface area contributed by atoms with Gasteiger partial charge in [0.05, 0.1) is 5.25 Å². The molecule has 3 aliphatic heterocycles. The fourth-order valence-corrected chi connectivity index (χ4v) is 10.1. The molecule has 14 heteroatoms. The van der Waals surface area contributed by atoms with Crippen molar-refractivity contribution >= 4 is 55.9 Å². The Morgan fingerprint density at radius 1 is 0.962 bits per heavy atom. The second kappa shape index (κ2) is 13.9. The molecule has 2 aliphatic carbocycles. The minimum atomic E-state index is -3.86. The molecule has 3 fully saturated rings. The number of thiophene rings is 1. The maximum absolute atomic E-state index is 14.6. The van der Waals surface area contributed by atoms with Gasteiger partial charge in [-0.05, 0) is 84.4 Å². The van der Waals surface area contributed by atoms with E-state index < -0.39 is 50.8 Å². The second-order valence-corrected chi connectivity index (χ2v) is 17.6. The van der Waals surface area contributed by atoms with Crippen molar-refractivity contribution in [1.29, 1.82) is 0 Å². The van der Waals surface area contributed by atoms with Gasteiger partial charge in [-0.2, -0.15) is 0 Å². The quantitative estimate of drug-likeness (QED) is 0.315. The van der Waals surface area contributed by atoms with Gasteiger partial charge in [0.25, 0.3) is 5.91 Å². The van der Waals surface area contributed by atoms with Gasteiger partial charge in [-0.3, -0.25) is 24.0 Å². The number of nitrogens with one attached hydrogen (secondary N) is 3. The molecule has 2 saturated carbocycles. The van der Waals surface area contributed by atoms with E-state index in [0.29, 0.717) is 50.3 Å². The first kappa shape index (κ1) is 34.8. The average molecular weight is 746 g/mol. The van der Waals surface area contributed by atoms with Crippen LogP contribution in [0.5, 0.6) is 5.06 Å². The molecule has 52 heavy (non-hydrogen) atoms. The lowest BCUT2D eigenvalue weighted by Gasteiger charge is -2.34. The molecule has 3 aromatic rings. The van der Waals surface area contributed by atoms with Gasteiger partial charge in [-0.15, -0.1) is 11.3 Å². The predicted octanol–water partition coefficient (Wildman–Crippen LogP) is 4.35. The zero-order valence-corrected chi connectivity index (χ0v) is 30.4. The molecule has 4 heterocycles. The number of carbonyl (C=O) groups is 4. The molecule has 5 aliphatic rings. The molecule has 0 bridgehead atoms. The van der Waals surface area contributed by atoms with Crippen molar-refractivity contribution in [2.45, 2.75) is 99.8 Å². The lowest BCUT2D eigenvalue weighted by atomic mass is 9.94. The number of allylic oxidation sites excluding steroid dienone is 1. The Morgan fingerprint density at radius 2 is 1.73 bits per heavy atom. The Labute approximate surface area is 307 Å². The number of carbonyl (C=O) groups excluding carboxylic acids is 4. The van der Waals surface area contributed by atoms with Crippen LogP contribution in [0.2, 0.25) is 0 Å². The summed E-state index contributed by atoms with van der Waals surface area (Å²) in [6.07, 6.45) is 8.07. The summed E-state index contributed by atoms with van der Waals surface area (Å²) < 4.78 is 33.4. The van der Waals surface area contributed by atoms with Gasteiger partial charge in [0.1, 0.15) is 17.6 Å². The van der Waals surface area contributed by atoms with Crippen LogP contribution in [0.4, 0.5) is 4.79 Å². The summed E-state index contributed by atoms with van der Waals surface area (Å²) in [7, 11) is -3.86. The molecule has 274 valence electrons. The number of rotatable bonds is 6. The first-order valence-electron chi connectivity index (χ1n) is 18.2. The molecular formula is C38H43N5O7S2. The standard InChI is InChI=1S/C38H43N5O7S2/c44-34-31-19-28(42-21-25-11-6-9-24-10-7-12-26(22-42)33(24)25)23-43(31)35(45)30(39-37(47)50-32-15-8-18-51-32)14-5-3-1-2-4-13-27-20-38(27,40-34)36(46)41-52(48,49)29-16-17-29/h4,6-13,15,18,27-31H,1-3,5,14,16-17,19-23H2,(H,39,47)(H,40,44)(H,41,46)/b13-4+/t27?,28-,30?,31?,38?/m1/s1. The number of hydrogen-bond donors (Lipinski definition) is 3. The third-order valence-electron chi connectivity index (χ3n) is 11.2. The second-order valence-electron chi connectivity index (χ2n) is 14.8. The summed E-state index contributed by atoms with van der Waals surface area (Å²) in [5, 5.41) is 9.76. The highest BCUT2D eigenvalue weighted by molar-refractivity contribution is 7.91. The van der Waals surface area contributed by atoms with Crippen molar-refractivity contribution in [3.63, 3.8) is 0 Å². The van der Waals surface area contributed by atoms with E-state index in [4.69, 9.17) is 4.74 Å². The summed E-state index contributed by atoms with van der Waals surface area (Å²) in [4.78, 5) is 59.7. The van der Waals surface area contributed by atoms with Crippen LogP contribution in [-0.4, -0.2) is 77.5 Å². The fourth-order valence-electron chi connectivity index (χ4n) is 8.14. The van der Waals surface area contributed by atoms with Crippen molar-refractivity contribution < 1.29 is 32.3 Å². The van der Waals surface area contributed by atoms with Crippen LogP contribution in [0.25, 0.3) is 10.8 Å². The van der Waals surface area contributed by atoms with Gasteiger partial charge >= 0.3 is 6.09 Å². The molecule has 12 nitrogen and oxygen atoms in total. The monoisotopic (exact) mass is 745 g/mol. The van der Waals surface area contributed by atoms with E-state index in [1.165, 1.54) is 33.2 Å². The topological polar surface area (TPSA) is 154 Å². The van der Waals surface area contributed by atoms with Crippen LogP contribution >= 0.6 is 11.3 Å². The summed E-state index contributed by atoms with van der Waals surface area (Å²) >= 11 is 1.26. The Balaban J connectivity index is 1.09. The lowest BCUT2D eigenvalue weighted by Crippen LogP contribution is -2.58. The van der Waals surface area contributed by atoms with Gasteiger partial charge in [0.2, 0.25) is 21.8 Å². The minimum Gasteiger partial charge on any atom is -0.399 e. The number of sulfonamides is 1. The van der Waals surface area contributed by atoms with Crippen molar-refractivity contribution in [2.24, 2.45) is 5.92 Å². The highest BCUT2D eigenvalue weighted by Crippen LogP contribution is 2.46. The predicted molar refractivity (Wildman–Crippen MR) is 196 cm³/mol. The van der Waals surface area contributed by atoms with Gasteiger partial charge in [0.15, 0.2) is 5.06 Å². The Morgan fingerprint density at radius 3 is 2.44 bits per heavy atom. The van der Waals surface area contributed by atoms with Crippen molar-refractivity contribution in [2.75, 3.05) is 6.54 Å².